The largest absolute Gasteiger partial charge is 0.493 e. The van der Waals surface area contributed by atoms with E-state index in [0.717, 1.165) is 11.1 Å². The van der Waals surface area contributed by atoms with E-state index in [2.05, 4.69) is 18.7 Å². The second-order valence-corrected chi connectivity index (χ2v) is 8.58. The van der Waals surface area contributed by atoms with Crippen molar-refractivity contribution in [2.45, 2.75) is 19.9 Å². The van der Waals surface area contributed by atoms with E-state index in [1.807, 2.05) is 36.4 Å². The minimum atomic E-state index is -0.0191. The lowest BCUT2D eigenvalue weighted by molar-refractivity contribution is -0.113. The number of piperidine rings is 1. The lowest BCUT2D eigenvalue weighted by atomic mass is 9.93. The number of ether oxygens (including phenoxy) is 6. The van der Waals surface area contributed by atoms with Crippen LogP contribution in [0, 0.1) is 0 Å². The molecular formula is C28H35NO7. The van der Waals surface area contributed by atoms with Gasteiger partial charge in [-0.2, -0.15) is 0 Å². The van der Waals surface area contributed by atoms with E-state index < -0.39 is 0 Å². The fraction of sp³-hybridized carbons (Fsp3) is 0.393. The number of rotatable bonds is 9. The number of likely N-dealkylation sites (tertiary alicyclic amines) is 1. The molecule has 1 saturated heterocycles. The zero-order valence-corrected chi connectivity index (χ0v) is 22.3. The monoisotopic (exact) mass is 497 g/mol. The molecule has 0 radical (unpaired) electrons. The third-order valence-corrected chi connectivity index (χ3v) is 6.12. The number of hydrogen-bond acceptors (Lipinski definition) is 8. The molecule has 0 atom stereocenters. The summed E-state index contributed by atoms with van der Waals surface area (Å²) in [6.45, 7) is 5.29. The Balaban J connectivity index is 2.09. The average molecular weight is 498 g/mol. The van der Waals surface area contributed by atoms with Crippen LogP contribution in [-0.4, -0.2) is 72.5 Å². The molecule has 0 spiro atoms. The smallest absolute Gasteiger partial charge is 0.203 e. The fourth-order valence-corrected chi connectivity index (χ4v) is 4.20. The van der Waals surface area contributed by atoms with Crippen LogP contribution >= 0.6 is 0 Å². The summed E-state index contributed by atoms with van der Waals surface area (Å²) in [5, 5.41) is 0. The van der Waals surface area contributed by atoms with Crippen LogP contribution in [0.25, 0.3) is 12.2 Å². The fourth-order valence-electron chi connectivity index (χ4n) is 4.20. The minimum absolute atomic E-state index is 0.0191. The normalized spacial score (nSPS) is 16.4. The summed E-state index contributed by atoms with van der Waals surface area (Å²) in [5.74, 6) is 3.10. The van der Waals surface area contributed by atoms with Gasteiger partial charge < -0.3 is 28.4 Å². The van der Waals surface area contributed by atoms with Crippen molar-refractivity contribution in [1.29, 1.82) is 0 Å². The molecule has 0 aliphatic carbocycles. The van der Waals surface area contributed by atoms with Crippen molar-refractivity contribution in [3.05, 3.63) is 46.5 Å². The van der Waals surface area contributed by atoms with Crippen LogP contribution in [0.3, 0.4) is 0 Å². The Hall–Kier alpha value is -3.65. The van der Waals surface area contributed by atoms with Crippen LogP contribution in [0.2, 0.25) is 0 Å². The Kier molecular flexibility index (Phi) is 8.88. The Morgan fingerprint density at radius 3 is 1.22 bits per heavy atom. The van der Waals surface area contributed by atoms with E-state index in [9.17, 15) is 4.79 Å². The average Bonchev–Trinajstić information content (AvgIpc) is 2.89. The molecule has 194 valence electrons. The van der Waals surface area contributed by atoms with Gasteiger partial charge in [0.1, 0.15) is 0 Å². The molecule has 0 saturated carbocycles. The van der Waals surface area contributed by atoms with E-state index in [1.165, 1.54) is 0 Å². The Bertz CT molecular complexity index is 1030. The molecule has 8 heteroatoms. The molecule has 1 fully saturated rings. The van der Waals surface area contributed by atoms with Crippen LogP contribution in [0.15, 0.2) is 35.4 Å². The molecule has 2 aromatic carbocycles. The Morgan fingerprint density at radius 1 is 0.639 bits per heavy atom. The highest BCUT2D eigenvalue weighted by atomic mass is 16.5. The van der Waals surface area contributed by atoms with Crippen molar-refractivity contribution in [2.24, 2.45) is 0 Å². The summed E-state index contributed by atoms with van der Waals surface area (Å²) in [6.07, 6.45) is 3.76. The summed E-state index contributed by atoms with van der Waals surface area (Å²) in [7, 11) is 9.39. The SMILES string of the molecule is COc1cc(/C=C2\CN(C(C)C)C/C(=C\c3cc(OC)c(OC)c(OC)c3)C2=O)cc(OC)c1OC. The number of nitrogens with zero attached hydrogens (tertiary/aromatic N) is 1. The number of Topliss-reactive ketones (excluding diaryl/α,β-unsaturated/α-hetero) is 1. The number of benzene rings is 2. The van der Waals surface area contributed by atoms with Gasteiger partial charge in [-0.3, -0.25) is 9.69 Å². The Morgan fingerprint density at radius 2 is 0.972 bits per heavy atom. The van der Waals surface area contributed by atoms with E-state index in [-0.39, 0.29) is 11.8 Å². The lowest BCUT2D eigenvalue weighted by Crippen LogP contribution is -2.41. The number of carbonyl (C=O) groups is 1. The van der Waals surface area contributed by atoms with Gasteiger partial charge >= 0.3 is 0 Å². The zero-order chi connectivity index (χ0) is 26.4. The van der Waals surface area contributed by atoms with Crippen molar-refractivity contribution in [1.82, 2.24) is 4.90 Å². The number of carbonyl (C=O) groups excluding carboxylic acids is 1. The lowest BCUT2D eigenvalue weighted by Gasteiger charge is -2.33. The van der Waals surface area contributed by atoms with Crippen LogP contribution in [0.4, 0.5) is 0 Å². The van der Waals surface area contributed by atoms with Gasteiger partial charge in [0.05, 0.1) is 42.7 Å². The zero-order valence-electron chi connectivity index (χ0n) is 22.3. The second-order valence-electron chi connectivity index (χ2n) is 8.58. The highest BCUT2D eigenvalue weighted by Crippen LogP contribution is 2.40. The van der Waals surface area contributed by atoms with E-state index >= 15 is 0 Å². The van der Waals surface area contributed by atoms with Gasteiger partial charge in [0.15, 0.2) is 28.8 Å². The van der Waals surface area contributed by atoms with Crippen molar-refractivity contribution < 1.29 is 33.2 Å². The van der Waals surface area contributed by atoms with Crippen LogP contribution in [0.5, 0.6) is 34.5 Å². The molecule has 2 aromatic rings. The first-order valence-electron chi connectivity index (χ1n) is 11.6. The topological polar surface area (TPSA) is 75.7 Å². The van der Waals surface area contributed by atoms with Gasteiger partial charge in [0, 0.05) is 30.3 Å². The van der Waals surface area contributed by atoms with Gasteiger partial charge in [0.2, 0.25) is 11.5 Å². The number of methoxy groups -OCH3 is 6. The second kappa shape index (κ2) is 11.9. The van der Waals surface area contributed by atoms with E-state index in [4.69, 9.17) is 28.4 Å². The molecule has 1 aliphatic rings. The number of ketones is 1. The van der Waals surface area contributed by atoms with Gasteiger partial charge in [-0.1, -0.05) is 0 Å². The highest BCUT2D eigenvalue weighted by Gasteiger charge is 2.28. The van der Waals surface area contributed by atoms with Gasteiger partial charge in [-0.25, -0.2) is 0 Å². The first-order valence-corrected chi connectivity index (χ1v) is 11.6. The first-order chi connectivity index (χ1) is 17.3. The van der Waals surface area contributed by atoms with Gasteiger partial charge in [-0.15, -0.1) is 0 Å². The predicted octanol–water partition coefficient (Wildman–Crippen LogP) is 4.50. The molecule has 8 nitrogen and oxygen atoms in total. The van der Waals surface area contributed by atoms with Crippen molar-refractivity contribution in [2.75, 3.05) is 55.7 Å². The molecule has 3 rings (SSSR count). The third-order valence-electron chi connectivity index (χ3n) is 6.12. The van der Waals surface area contributed by atoms with E-state index in [0.29, 0.717) is 58.7 Å². The van der Waals surface area contributed by atoms with Crippen molar-refractivity contribution in [3.63, 3.8) is 0 Å². The Labute approximate surface area is 213 Å². The number of hydrogen-bond donors (Lipinski definition) is 0. The maximum atomic E-state index is 13.6. The standard InChI is InChI=1S/C28H35NO7/c1-17(2)29-15-20(9-18-11-22(31-3)27(35-7)23(12-18)32-4)26(30)21(16-29)10-19-13-24(33-5)28(36-8)25(14-19)34-6/h9-14,17H,15-16H2,1-8H3/b20-9+,21-10+. The van der Waals surface area contributed by atoms with Crippen molar-refractivity contribution in [3.8, 4) is 34.5 Å². The third kappa shape index (κ3) is 5.60. The predicted molar refractivity (Wildman–Crippen MR) is 140 cm³/mol. The summed E-state index contributed by atoms with van der Waals surface area (Å²) in [5.41, 5.74) is 2.90. The molecule has 0 unspecified atom stereocenters. The maximum absolute atomic E-state index is 13.6. The van der Waals surface area contributed by atoms with Gasteiger partial charge in [0.25, 0.3) is 0 Å². The molecule has 0 bridgehead atoms. The summed E-state index contributed by atoms with van der Waals surface area (Å²) in [4.78, 5) is 15.9. The quantitative estimate of drug-likeness (QED) is 0.469. The van der Waals surface area contributed by atoms with Crippen molar-refractivity contribution >= 4 is 17.9 Å². The molecule has 0 amide bonds. The first kappa shape index (κ1) is 26.9. The summed E-state index contributed by atoms with van der Waals surface area (Å²) >= 11 is 0. The van der Waals surface area contributed by atoms with Gasteiger partial charge in [-0.05, 0) is 61.4 Å². The molecule has 1 aliphatic heterocycles. The summed E-state index contributed by atoms with van der Waals surface area (Å²) in [6, 6.07) is 7.57. The summed E-state index contributed by atoms with van der Waals surface area (Å²) < 4.78 is 32.8. The van der Waals surface area contributed by atoms with Crippen LogP contribution in [0.1, 0.15) is 25.0 Å². The highest BCUT2D eigenvalue weighted by molar-refractivity contribution is 6.14. The maximum Gasteiger partial charge on any atom is 0.203 e. The molecule has 0 aromatic heterocycles. The molecular weight excluding hydrogens is 462 g/mol. The minimum Gasteiger partial charge on any atom is -0.493 e. The van der Waals surface area contributed by atoms with Crippen LogP contribution in [-0.2, 0) is 4.79 Å². The molecule has 1 heterocycles. The van der Waals surface area contributed by atoms with E-state index in [1.54, 1.807) is 42.7 Å². The molecule has 36 heavy (non-hydrogen) atoms. The van der Waals surface area contributed by atoms with Crippen LogP contribution < -0.4 is 28.4 Å². The molecule has 0 N–H and O–H groups in total.